The van der Waals surface area contributed by atoms with Crippen LogP contribution >= 0.6 is 0 Å². The van der Waals surface area contributed by atoms with Gasteiger partial charge in [-0.2, -0.15) is 0 Å². The molecule has 0 spiro atoms. The van der Waals surface area contributed by atoms with Crippen molar-refractivity contribution in [1.29, 1.82) is 0 Å². The molecular formula is C16H20N4O. The monoisotopic (exact) mass is 284 g/mol. The van der Waals surface area contributed by atoms with E-state index in [9.17, 15) is 0 Å². The van der Waals surface area contributed by atoms with Crippen molar-refractivity contribution in [3.05, 3.63) is 35.9 Å². The van der Waals surface area contributed by atoms with Gasteiger partial charge in [-0.05, 0) is 25.0 Å². The maximum absolute atomic E-state index is 5.62. The van der Waals surface area contributed by atoms with Crippen molar-refractivity contribution in [2.24, 2.45) is 0 Å². The molecule has 5 heteroatoms. The molecule has 1 N–H and O–H groups in total. The first-order valence-corrected chi connectivity index (χ1v) is 7.70. The number of hydrogen-bond donors (Lipinski definition) is 1. The third-order valence-electron chi connectivity index (χ3n) is 4.45. The number of imidazole rings is 1. The zero-order chi connectivity index (χ0) is 14.1. The molecule has 0 radical (unpaired) electrons. The van der Waals surface area contributed by atoms with E-state index in [0.29, 0.717) is 6.04 Å². The van der Waals surface area contributed by atoms with Crippen molar-refractivity contribution in [3.8, 4) is 11.4 Å². The molecule has 0 aromatic carbocycles. The number of pyridine rings is 1. The van der Waals surface area contributed by atoms with E-state index >= 15 is 0 Å². The molecule has 21 heavy (non-hydrogen) atoms. The van der Waals surface area contributed by atoms with Gasteiger partial charge in [0.1, 0.15) is 5.82 Å². The minimum atomic E-state index is 0.567. The summed E-state index contributed by atoms with van der Waals surface area (Å²) in [4.78, 5) is 14.9. The SMILES string of the molecule is c1cncc(-c2nc3c([nH]2)CN([C@@H]2CCCOC2)CC3)c1. The van der Waals surface area contributed by atoms with Gasteiger partial charge < -0.3 is 9.72 Å². The van der Waals surface area contributed by atoms with Crippen LogP contribution in [0.1, 0.15) is 24.2 Å². The first-order valence-electron chi connectivity index (χ1n) is 7.70. The molecule has 4 heterocycles. The van der Waals surface area contributed by atoms with Crippen LogP contribution in [0.25, 0.3) is 11.4 Å². The van der Waals surface area contributed by atoms with Gasteiger partial charge in [0.05, 0.1) is 18.0 Å². The molecule has 2 aliphatic heterocycles. The van der Waals surface area contributed by atoms with E-state index in [1.807, 2.05) is 18.3 Å². The first kappa shape index (κ1) is 13.0. The number of fused-ring (bicyclic) bond motifs is 1. The summed E-state index contributed by atoms with van der Waals surface area (Å²) in [6, 6.07) is 4.56. The van der Waals surface area contributed by atoms with Crippen LogP contribution < -0.4 is 0 Å². The number of H-pyrrole nitrogens is 1. The Labute approximate surface area is 124 Å². The van der Waals surface area contributed by atoms with Gasteiger partial charge >= 0.3 is 0 Å². The van der Waals surface area contributed by atoms with Crippen molar-refractivity contribution in [3.63, 3.8) is 0 Å². The first-order chi connectivity index (χ1) is 10.4. The molecule has 4 rings (SSSR count). The molecule has 0 aliphatic carbocycles. The van der Waals surface area contributed by atoms with E-state index < -0.39 is 0 Å². The Hall–Kier alpha value is -1.72. The molecule has 2 aromatic heterocycles. The van der Waals surface area contributed by atoms with E-state index in [4.69, 9.17) is 9.72 Å². The Kier molecular flexibility index (Phi) is 3.45. The van der Waals surface area contributed by atoms with Gasteiger partial charge in [0.2, 0.25) is 0 Å². The molecule has 2 aliphatic rings. The fourth-order valence-corrected chi connectivity index (χ4v) is 3.28. The second-order valence-corrected chi connectivity index (χ2v) is 5.84. The summed E-state index contributed by atoms with van der Waals surface area (Å²) < 4.78 is 5.62. The number of hydrogen-bond acceptors (Lipinski definition) is 4. The van der Waals surface area contributed by atoms with E-state index in [1.54, 1.807) is 6.20 Å². The Morgan fingerprint density at radius 1 is 1.38 bits per heavy atom. The second kappa shape index (κ2) is 5.58. The molecule has 1 saturated heterocycles. The highest BCUT2D eigenvalue weighted by atomic mass is 16.5. The largest absolute Gasteiger partial charge is 0.380 e. The van der Waals surface area contributed by atoms with Crippen LogP contribution in [0.2, 0.25) is 0 Å². The average molecular weight is 284 g/mol. The number of aromatic amines is 1. The number of nitrogens with zero attached hydrogens (tertiary/aromatic N) is 3. The zero-order valence-electron chi connectivity index (χ0n) is 12.1. The summed E-state index contributed by atoms with van der Waals surface area (Å²) in [6.45, 7) is 3.83. The molecule has 0 unspecified atom stereocenters. The normalized spacial score (nSPS) is 23.0. The Morgan fingerprint density at radius 3 is 3.19 bits per heavy atom. The molecule has 5 nitrogen and oxygen atoms in total. The van der Waals surface area contributed by atoms with Gasteiger partial charge in [0.25, 0.3) is 0 Å². The summed E-state index contributed by atoms with van der Waals surface area (Å²) in [5.41, 5.74) is 3.52. The van der Waals surface area contributed by atoms with Crippen LogP contribution in [0.3, 0.4) is 0 Å². The quantitative estimate of drug-likeness (QED) is 0.916. The Balaban J connectivity index is 1.54. The zero-order valence-corrected chi connectivity index (χ0v) is 12.1. The standard InChI is InChI=1S/C16H20N4O/c1-3-12(9-17-6-1)16-18-14-5-7-20(10-15(14)19-16)13-4-2-8-21-11-13/h1,3,6,9,13H,2,4-5,7-8,10-11H2,(H,18,19)/t13-/m1/s1. The smallest absolute Gasteiger partial charge is 0.139 e. The lowest BCUT2D eigenvalue weighted by molar-refractivity contribution is 0.0119. The van der Waals surface area contributed by atoms with Crippen LogP contribution in [0.5, 0.6) is 0 Å². The fraction of sp³-hybridized carbons (Fsp3) is 0.500. The highest BCUT2D eigenvalue weighted by Crippen LogP contribution is 2.25. The number of aromatic nitrogens is 3. The molecule has 1 atom stereocenters. The average Bonchev–Trinajstić information content (AvgIpc) is 2.99. The third kappa shape index (κ3) is 2.59. The molecular weight excluding hydrogens is 264 g/mol. The summed E-state index contributed by atoms with van der Waals surface area (Å²) in [5.74, 6) is 0.940. The van der Waals surface area contributed by atoms with Gasteiger partial charge in [-0.25, -0.2) is 4.98 Å². The highest BCUT2D eigenvalue weighted by molar-refractivity contribution is 5.54. The topological polar surface area (TPSA) is 54.0 Å². The van der Waals surface area contributed by atoms with Gasteiger partial charge in [-0.3, -0.25) is 9.88 Å². The lowest BCUT2D eigenvalue weighted by Crippen LogP contribution is -2.43. The van der Waals surface area contributed by atoms with Gasteiger partial charge in [0, 0.05) is 50.1 Å². The van der Waals surface area contributed by atoms with Crippen LogP contribution in [0, 0.1) is 0 Å². The summed E-state index contributed by atoms with van der Waals surface area (Å²) >= 11 is 0. The Morgan fingerprint density at radius 2 is 2.38 bits per heavy atom. The molecule has 2 aromatic rings. The van der Waals surface area contributed by atoms with Gasteiger partial charge in [0.15, 0.2) is 0 Å². The maximum atomic E-state index is 5.62. The summed E-state index contributed by atoms with van der Waals surface area (Å²) in [7, 11) is 0. The number of rotatable bonds is 2. The van der Waals surface area contributed by atoms with Crippen LogP contribution in [-0.2, 0) is 17.7 Å². The van der Waals surface area contributed by atoms with E-state index in [-0.39, 0.29) is 0 Å². The van der Waals surface area contributed by atoms with Crippen LogP contribution in [-0.4, -0.2) is 45.7 Å². The van der Waals surface area contributed by atoms with Crippen molar-refractivity contribution in [2.75, 3.05) is 19.8 Å². The molecule has 0 amide bonds. The lowest BCUT2D eigenvalue weighted by atomic mass is 10.0. The minimum absolute atomic E-state index is 0.567. The molecule has 0 bridgehead atoms. The Bertz CT molecular complexity index is 604. The third-order valence-corrected chi connectivity index (χ3v) is 4.45. The number of ether oxygens (including phenoxy) is 1. The molecule has 110 valence electrons. The van der Waals surface area contributed by atoms with E-state index in [0.717, 1.165) is 44.1 Å². The second-order valence-electron chi connectivity index (χ2n) is 5.84. The van der Waals surface area contributed by atoms with Crippen molar-refractivity contribution >= 4 is 0 Å². The van der Waals surface area contributed by atoms with Crippen molar-refractivity contribution in [1.82, 2.24) is 19.9 Å². The predicted octanol–water partition coefficient (Wildman–Crippen LogP) is 2.01. The summed E-state index contributed by atoms with van der Waals surface area (Å²) in [5, 5.41) is 0. The molecule has 0 saturated carbocycles. The minimum Gasteiger partial charge on any atom is -0.380 e. The van der Waals surface area contributed by atoms with Crippen LogP contribution in [0.4, 0.5) is 0 Å². The van der Waals surface area contributed by atoms with E-state index in [2.05, 4.69) is 14.9 Å². The fourth-order valence-electron chi connectivity index (χ4n) is 3.28. The highest BCUT2D eigenvalue weighted by Gasteiger charge is 2.27. The van der Waals surface area contributed by atoms with Gasteiger partial charge in [-0.15, -0.1) is 0 Å². The van der Waals surface area contributed by atoms with Crippen LogP contribution in [0.15, 0.2) is 24.5 Å². The van der Waals surface area contributed by atoms with Gasteiger partial charge in [-0.1, -0.05) is 0 Å². The number of nitrogens with one attached hydrogen (secondary N) is 1. The summed E-state index contributed by atoms with van der Waals surface area (Å²) in [6.07, 6.45) is 7.09. The lowest BCUT2D eigenvalue weighted by Gasteiger charge is -2.35. The van der Waals surface area contributed by atoms with Crippen molar-refractivity contribution < 1.29 is 4.74 Å². The molecule has 1 fully saturated rings. The maximum Gasteiger partial charge on any atom is 0.139 e. The predicted molar refractivity (Wildman–Crippen MR) is 79.8 cm³/mol. The van der Waals surface area contributed by atoms with Crippen molar-refractivity contribution in [2.45, 2.75) is 31.8 Å². The van der Waals surface area contributed by atoms with E-state index in [1.165, 1.54) is 24.2 Å².